The molecule has 0 aliphatic carbocycles. The van der Waals surface area contributed by atoms with Gasteiger partial charge in [-0.3, -0.25) is 0 Å². The number of methoxy groups -OCH3 is 1. The lowest BCUT2D eigenvalue weighted by Crippen LogP contribution is -2.06. The van der Waals surface area contributed by atoms with Gasteiger partial charge in [-0.15, -0.1) is 0 Å². The number of esters is 1. The molecule has 4 heteroatoms. The van der Waals surface area contributed by atoms with Gasteiger partial charge in [-0.1, -0.05) is 6.07 Å². The molecule has 0 N–H and O–H groups in total. The van der Waals surface area contributed by atoms with Crippen molar-refractivity contribution < 1.29 is 18.7 Å². The number of carbonyl (C=O) groups excluding carboxylic acids is 1. The first-order valence-electron chi connectivity index (χ1n) is 4.20. The van der Waals surface area contributed by atoms with Crippen molar-refractivity contribution in [2.45, 2.75) is 6.92 Å². The van der Waals surface area contributed by atoms with E-state index in [9.17, 15) is 9.18 Å². The van der Waals surface area contributed by atoms with Gasteiger partial charge in [-0.25, -0.2) is 9.18 Å². The van der Waals surface area contributed by atoms with Crippen LogP contribution in [0.5, 0.6) is 5.75 Å². The second kappa shape index (κ2) is 4.60. The van der Waals surface area contributed by atoms with Gasteiger partial charge in [0.2, 0.25) is 0 Å². The molecule has 0 heterocycles. The molecule has 3 nitrogen and oxygen atoms in total. The van der Waals surface area contributed by atoms with Crippen LogP contribution in [0.25, 0.3) is 0 Å². The van der Waals surface area contributed by atoms with E-state index in [0.29, 0.717) is 6.61 Å². The van der Waals surface area contributed by atoms with E-state index in [1.807, 2.05) is 0 Å². The molecule has 0 amide bonds. The smallest absolute Gasteiger partial charge is 0.340 e. The molecule has 0 atom stereocenters. The van der Waals surface area contributed by atoms with Crippen LogP contribution in [0.15, 0.2) is 18.2 Å². The summed E-state index contributed by atoms with van der Waals surface area (Å²) in [6, 6.07) is 4.36. The summed E-state index contributed by atoms with van der Waals surface area (Å²) in [7, 11) is 1.20. The summed E-state index contributed by atoms with van der Waals surface area (Å²) < 4.78 is 22.9. The third-order valence-corrected chi connectivity index (χ3v) is 1.67. The Kier molecular flexibility index (Phi) is 3.45. The van der Waals surface area contributed by atoms with Gasteiger partial charge in [0.25, 0.3) is 0 Å². The fraction of sp³-hybridized carbons (Fsp3) is 0.300. The zero-order chi connectivity index (χ0) is 10.6. The normalized spacial score (nSPS) is 9.64. The van der Waals surface area contributed by atoms with Gasteiger partial charge in [-0.05, 0) is 19.1 Å². The van der Waals surface area contributed by atoms with E-state index >= 15 is 0 Å². The fourth-order valence-electron chi connectivity index (χ4n) is 1.05. The second-order valence-corrected chi connectivity index (χ2v) is 2.54. The molecule has 0 saturated heterocycles. The van der Waals surface area contributed by atoms with Gasteiger partial charge in [0.15, 0.2) is 11.6 Å². The van der Waals surface area contributed by atoms with Crippen LogP contribution in [0.1, 0.15) is 17.3 Å². The van der Waals surface area contributed by atoms with Crippen molar-refractivity contribution >= 4 is 5.97 Å². The molecular formula is C10H11FO3. The number of hydrogen-bond donors (Lipinski definition) is 0. The largest absolute Gasteiger partial charge is 0.491 e. The summed E-state index contributed by atoms with van der Waals surface area (Å²) >= 11 is 0. The van der Waals surface area contributed by atoms with Gasteiger partial charge in [-0.2, -0.15) is 0 Å². The molecule has 0 aliphatic rings. The molecule has 0 bridgehead atoms. The van der Waals surface area contributed by atoms with Crippen LogP contribution in [0, 0.1) is 5.82 Å². The van der Waals surface area contributed by atoms with Gasteiger partial charge in [0.05, 0.1) is 19.3 Å². The van der Waals surface area contributed by atoms with E-state index in [1.54, 1.807) is 13.0 Å². The Morgan fingerprint density at radius 3 is 2.79 bits per heavy atom. The molecular weight excluding hydrogens is 187 g/mol. The highest BCUT2D eigenvalue weighted by molar-refractivity contribution is 5.90. The van der Waals surface area contributed by atoms with Crippen LogP contribution >= 0.6 is 0 Å². The maximum Gasteiger partial charge on any atom is 0.340 e. The molecule has 76 valence electrons. The van der Waals surface area contributed by atoms with Gasteiger partial charge in [0.1, 0.15) is 0 Å². The number of carbonyl (C=O) groups is 1. The lowest BCUT2D eigenvalue weighted by molar-refractivity contribution is 0.0594. The van der Waals surface area contributed by atoms with Crippen molar-refractivity contribution in [1.29, 1.82) is 0 Å². The number of ether oxygens (including phenoxy) is 2. The summed E-state index contributed by atoms with van der Waals surface area (Å²) in [4.78, 5) is 11.1. The summed E-state index contributed by atoms with van der Waals surface area (Å²) in [5.74, 6) is -1.32. The third kappa shape index (κ3) is 2.02. The Morgan fingerprint density at radius 2 is 2.21 bits per heavy atom. The lowest BCUT2D eigenvalue weighted by Gasteiger charge is -2.06. The van der Waals surface area contributed by atoms with Crippen LogP contribution in [0.2, 0.25) is 0 Å². The molecule has 0 fully saturated rings. The predicted molar refractivity (Wildman–Crippen MR) is 48.9 cm³/mol. The molecule has 0 unspecified atom stereocenters. The molecule has 0 saturated carbocycles. The first-order chi connectivity index (χ1) is 6.70. The van der Waals surface area contributed by atoms with E-state index < -0.39 is 11.8 Å². The van der Waals surface area contributed by atoms with Crippen molar-refractivity contribution in [3.8, 4) is 5.75 Å². The maximum atomic E-state index is 13.5. The Labute approximate surface area is 81.4 Å². The molecule has 14 heavy (non-hydrogen) atoms. The summed E-state index contributed by atoms with van der Waals surface area (Å²) in [6.07, 6.45) is 0. The van der Waals surface area contributed by atoms with Crippen LogP contribution in [-0.2, 0) is 4.74 Å². The highest BCUT2D eigenvalue weighted by Crippen LogP contribution is 2.20. The zero-order valence-corrected chi connectivity index (χ0v) is 8.04. The average molecular weight is 198 g/mol. The molecule has 1 rings (SSSR count). The Bertz CT molecular complexity index is 336. The van der Waals surface area contributed by atoms with Gasteiger partial charge in [0, 0.05) is 0 Å². The monoisotopic (exact) mass is 198 g/mol. The quantitative estimate of drug-likeness (QED) is 0.697. The molecule has 0 aromatic heterocycles. The SMILES string of the molecule is CCOc1cccc(C(=O)OC)c1F. The maximum absolute atomic E-state index is 13.5. The summed E-state index contributed by atoms with van der Waals surface area (Å²) in [5, 5.41) is 0. The first-order valence-corrected chi connectivity index (χ1v) is 4.20. The van der Waals surface area contributed by atoms with Crippen LogP contribution in [-0.4, -0.2) is 19.7 Å². The van der Waals surface area contributed by atoms with Crippen molar-refractivity contribution in [2.75, 3.05) is 13.7 Å². The zero-order valence-electron chi connectivity index (χ0n) is 8.04. The van der Waals surface area contributed by atoms with E-state index in [4.69, 9.17) is 4.74 Å². The average Bonchev–Trinajstić information content (AvgIpc) is 2.20. The highest BCUT2D eigenvalue weighted by atomic mass is 19.1. The Hall–Kier alpha value is -1.58. The summed E-state index contributed by atoms with van der Waals surface area (Å²) in [5.41, 5.74) is -0.113. The van der Waals surface area contributed by atoms with Crippen LogP contribution < -0.4 is 4.74 Å². The van der Waals surface area contributed by atoms with Crippen LogP contribution in [0.3, 0.4) is 0 Å². The second-order valence-electron chi connectivity index (χ2n) is 2.54. The van der Waals surface area contributed by atoms with Crippen molar-refractivity contribution in [3.05, 3.63) is 29.6 Å². The molecule has 1 aromatic carbocycles. The molecule has 0 aliphatic heterocycles. The van der Waals surface area contributed by atoms with Crippen molar-refractivity contribution in [2.24, 2.45) is 0 Å². The molecule has 0 spiro atoms. The van der Waals surface area contributed by atoms with Crippen LogP contribution in [0.4, 0.5) is 4.39 Å². The standard InChI is InChI=1S/C10H11FO3/c1-3-14-8-6-4-5-7(9(8)11)10(12)13-2/h4-6H,3H2,1-2H3. The summed E-state index contributed by atoms with van der Waals surface area (Å²) in [6.45, 7) is 2.09. The van der Waals surface area contributed by atoms with Gasteiger partial charge >= 0.3 is 5.97 Å². The lowest BCUT2D eigenvalue weighted by atomic mass is 10.2. The fourth-order valence-corrected chi connectivity index (χ4v) is 1.05. The third-order valence-electron chi connectivity index (χ3n) is 1.67. The van der Waals surface area contributed by atoms with Gasteiger partial charge < -0.3 is 9.47 Å². The Morgan fingerprint density at radius 1 is 1.50 bits per heavy atom. The number of benzene rings is 1. The first kappa shape index (κ1) is 10.5. The predicted octanol–water partition coefficient (Wildman–Crippen LogP) is 2.01. The number of halogens is 1. The van der Waals surface area contributed by atoms with Crippen molar-refractivity contribution in [3.63, 3.8) is 0 Å². The molecule has 0 radical (unpaired) electrons. The number of rotatable bonds is 3. The van der Waals surface area contributed by atoms with Crippen molar-refractivity contribution in [1.82, 2.24) is 0 Å². The van der Waals surface area contributed by atoms with E-state index in [0.717, 1.165) is 0 Å². The minimum Gasteiger partial charge on any atom is -0.491 e. The minimum absolute atomic E-state index is 0.0652. The number of hydrogen-bond acceptors (Lipinski definition) is 3. The minimum atomic E-state index is -0.705. The van der Waals surface area contributed by atoms with E-state index in [2.05, 4.69) is 4.74 Å². The Balaban J connectivity index is 3.07. The highest BCUT2D eigenvalue weighted by Gasteiger charge is 2.15. The van der Waals surface area contributed by atoms with E-state index in [1.165, 1.54) is 19.2 Å². The van der Waals surface area contributed by atoms with E-state index in [-0.39, 0.29) is 11.3 Å². The molecule has 1 aromatic rings. The topological polar surface area (TPSA) is 35.5 Å².